The van der Waals surface area contributed by atoms with Gasteiger partial charge in [-0.15, -0.1) is 17.0 Å². The summed E-state index contributed by atoms with van der Waals surface area (Å²) in [5.74, 6) is -0.509. The highest BCUT2D eigenvalue weighted by atomic mass is 79.9. The molecule has 4 nitrogen and oxygen atoms in total. The summed E-state index contributed by atoms with van der Waals surface area (Å²) < 4.78 is 16.5. The van der Waals surface area contributed by atoms with Gasteiger partial charge < -0.3 is 9.13 Å². The van der Waals surface area contributed by atoms with Crippen LogP contribution in [0.15, 0.2) is 48.5 Å². The smallest absolute Gasteiger partial charge is 0.203 e. The standard InChI is InChI=1S/C17H16FN3O.BrH/c1-2-20-14-5-3-4-6-15(14)21(17(20)19)11-16(22)12-7-9-13(18)10-8-12;/h3-10,19H,2,11H2,1H3;1H. The van der Waals surface area contributed by atoms with Gasteiger partial charge >= 0.3 is 0 Å². The molecule has 2 aromatic carbocycles. The highest BCUT2D eigenvalue weighted by Crippen LogP contribution is 2.14. The van der Waals surface area contributed by atoms with Gasteiger partial charge in [-0.25, -0.2) is 4.39 Å². The van der Waals surface area contributed by atoms with E-state index in [1.807, 2.05) is 35.8 Å². The molecule has 0 spiro atoms. The lowest BCUT2D eigenvalue weighted by molar-refractivity contribution is 0.0971. The van der Waals surface area contributed by atoms with Crippen LogP contribution in [0.3, 0.4) is 0 Å². The number of hydrogen-bond acceptors (Lipinski definition) is 2. The predicted octanol–water partition coefficient (Wildman–Crippen LogP) is 3.54. The molecule has 0 saturated heterocycles. The van der Waals surface area contributed by atoms with E-state index in [-0.39, 0.29) is 35.1 Å². The maximum Gasteiger partial charge on any atom is 0.203 e. The third-order valence-corrected chi connectivity index (χ3v) is 3.76. The van der Waals surface area contributed by atoms with Crippen LogP contribution in [-0.4, -0.2) is 14.9 Å². The molecule has 0 radical (unpaired) electrons. The first-order valence-electron chi connectivity index (χ1n) is 7.13. The van der Waals surface area contributed by atoms with E-state index in [0.29, 0.717) is 17.7 Å². The molecule has 1 heterocycles. The summed E-state index contributed by atoms with van der Waals surface area (Å²) in [6.45, 7) is 2.70. The quantitative estimate of drug-likeness (QED) is 0.694. The second kappa shape index (κ2) is 6.91. The van der Waals surface area contributed by atoms with Gasteiger partial charge in [0, 0.05) is 12.1 Å². The van der Waals surface area contributed by atoms with Crippen LogP contribution in [0.5, 0.6) is 0 Å². The topological polar surface area (TPSA) is 50.8 Å². The molecule has 0 atom stereocenters. The molecular formula is C17H17BrFN3O. The molecule has 0 aliphatic heterocycles. The molecule has 0 bridgehead atoms. The molecule has 0 aliphatic rings. The van der Waals surface area contributed by atoms with E-state index in [9.17, 15) is 9.18 Å². The highest BCUT2D eigenvalue weighted by Gasteiger charge is 2.13. The fourth-order valence-corrected chi connectivity index (χ4v) is 2.65. The van der Waals surface area contributed by atoms with Crippen molar-refractivity contribution in [1.82, 2.24) is 9.13 Å². The molecule has 6 heteroatoms. The van der Waals surface area contributed by atoms with Crippen LogP contribution in [0.1, 0.15) is 17.3 Å². The number of Topliss-reactive ketones (excluding diaryl/α,β-unsaturated/α-hetero) is 1. The number of aryl methyl sites for hydroxylation is 1. The molecule has 3 aromatic rings. The van der Waals surface area contributed by atoms with Gasteiger partial charge in [0.1, 0.15) is 5.82 Å². The Morgan fingerprint density at radius 3 is 2.17 bits per heavy atom. The average Bonchev–Trinajstić information content (AvgIpc) is 2.80. The summed E-state index contributed by atoms with van der Waals surface area (Å²) in [7, 11) is 0. The van der Waals surface area contributed by atoms with Crippen molar-refractivity contribution in [2.24, 2.45) is 0 Å². The van der Waals surface area contributed by atoms with E-state index in [1.165, 1.54) is 24.3 Å². The summed E-state index contributed by atoms with van der Waals surface area (Å²) in [6.07, 6.45) is 0. The first-order valence-corrected chi connectivity index (χ1v) is 7.13. The zero-order chi connectivity index (χ0) is 15.7. The van der Waals surface area contributed by atoms with Crippen LogP contribution >= 0.6 is 17.0 Å². The van der Waals surface area contributed by atoms with Crippen LogP contribution in [0, 0.1) is 11.2 Å². The molecule has 23 heavy (non-hydrogen) atoms. The van der Waals surface area contributed by atoms with Crippen LogP contribution in [-0.2, 0) is 13.1 Å². The van der Waals surface area contributed by atoms with Crippen molar-refractivity contribution >= 4 is 33.8 Å². The minimum absolute atomic E-state index is 0. The number of benzene rings is 2. The Bertz CT molecular complexity index is 896. The van der Waals surface area contributed by atoms with E-state index in [2.05, 4.69) is 0 Å². The minimum Gasteiger partial charge on any atom is -0.311 e. The van der Waals surface area contributed by atoms with Crippen molar-refractivity contribution < 1.29 is 9.18 Å². The minimum atomic E-state index is -0.368. The van der Waals surface area contributed by atoms with Gasteiger partial charge in [0.15, 0.2) is 5.78 Å². The van der Waals surface area contributed by atoms with Crippen LogP contribution in [0.2, 0.25) is 0 Å². The van der Waals surface area contributed by atoms with Gasteiger partial charge in [0.25, 0.3) is 0 Å². The van der Waals surface area contributed by atoms with Crippen molar-refractivity contribution in [2.75, 3.05) is 0 Å². The van der Waals surface area contributed by atoms with Gasteiger partial charge in [0.05, 0.1) is 17.6 Å². The predicted molar refractivity (Wildman–Crippen MR) is 92.5 cm³/mol. The third-order valence-electron chi connectivity index (χ3n) is 3.76. The molecular weight excluding hydrogens is 361 g/mol. The number of para-hydroxylation sites is 2. The Morgan fingerprint density at radius 1 is 1.04 bits per heavy atom. The molecule has 0 amide bonds. The molecule has 120 valence electrons. The lowest BCUT2D eigenvalue weighted by Crippen LogP contribution is -2.27. The van der Waals surface area contributed by atoms with E-state index in [4.69, 9.17) is 5.41 Å². The van der Waals surface area contributed by atoms with Crippen LogP contribution < -0.4 is 5.62 Å². The highest BCUT2D eigenvalue weighted by molar-refractivity contribution is 8.93. The van der Waals surface area contributed by atoms with Crippen molar-refractivity contribution in [3.63, 3.8) is 0 Å². The molecule has 3 rings (SSSR count). The van der Waals surface area contributed by atoms with E-state index >= 15 is 0 Å². The Labute approximate surface area is 143 Å². The van der Waals surface area contributed by atoms with Gasteiger partial charge in [0.2, 0.25) is 5.62 Å². The molecule has 0 aliphatic carbocycles. The summed E-state index contributed by atoms with van der Waals surface area (Å²) in [6, 6.07) is 13.1. The number of imidazole rings is 1. The van der Waals surface area contributed by atoms with E-state index < -0.39 is 0 Å². The molecule has 1 aromatic heterocycles. The van der Waals surface area contributed by atoms with Crippen molar-refractivity contribution in [3.8, 4) is 0 Å². The maximum atomic E-state index is 12.9. The van der Waals surface area contributed by atoms with Gasteiger partial charge in [-0.05, 0) is 43.3 Å². The molecule has 0 unspecified atom stereocenters. The van der Waals surface area contributed by atoms with Crippen molar-refractivity contribution in [2.45, 2.75) is 20.0 Å². The number of rotatable bonds is 4. The summed E-state index contributed by atoms with van der Waals surface area (Å²) in [5, 5.41) is 8.28. The Kier molecular flexibility index (Phi) is 5.15. The first-order chi connectivity index (χ1) is 10.6. The summed E-state index contributed by atoms with van der Waals surface area (Å²) >= 11 is 0. The fourth-order valence-electron chi connectivity index (χ4n) is 2.65. The Morgan fingerprint density at radius 2 is 1.61 bits per heavy atom. The number of halogens is 2. The molecule has 0 fully saturated rings. The van der Waals surface area contributed by atoms with Gasteiger partial charge in [-0.2, -0.15) is 0 Å². The number of carbonyl (C=O) groups excluding carboxylic acids is 1. The van der Waals surface area contributed by atoms with Crippen LogP contribution in [0.4, 0.5) is 4.39 Å². The number of nitrogens with zero attached hydrogens (tertiary/aromatic N) is 2. The summed E-state index contributed by atoms with van der Waals surface area (Å²) in [4.78, 5) is 12.4. The lowest BCUT2D eigenvalue weighted by atomic mass is 10.1. The normalized spacial score (nSPS) is 10.5. The number of nitrogens with one attached hydrogen (secondary N) is 1. The number of aromatic nitrogens is 2. The third kappa shape index (κ3) is 3.12. The molecule has 0 saturated carbocycles. The van der Waals surface area contributed by atoms with Crippen molar-refractivity contribution in [1.29, 1.82) is 5.41 Å². The Hall–Kier alpha value is -2.21. The maximum absolute atomic E-state index is 12.9. The number of fused-ring (bicyclic) bond motifs is 1. The second-order valence-corrected chi connectivity index (χ2v) is 5.07. The zero-order valence-corrected chi connectivity index (χ0v) is 14.3. The number of ketones is 1. The van der Waals surface area contributed by atoms with Gasteiger partial charge in [-0.1, -0.05) is 12.1 Å². The average molecular weight is 378 g/mol. The van der Waals surface area contributed by atoms with Crippen molar-refractivity contribution in [3.05, 3.63) is 65.5 Å². The number of hydrogen-bond donors (Lipinski definition) is 1. The van der Waals surface area contributed by atoms with E-state index in [0.717, 1.165) is 11.0 Å². The zero-order valence-electron chi connectivity index (χ0n) is 12.6. The first kappa shape index (κ1) is 17.1. The van der Waals surface area contributed by atoms with Gasteiger partial charge in [-0.3, -0.25) is 10.2 Å². The second-order valence-electron chi connectivity index (χ2n) is 5.07. The number of carbonyl (C=O) groups is 1. The largest absolute Gasteiger partial charge is 0.311 e. The SMILES string of the molecule is Br.CCn1c(=N)n(CC(=O)c2ccc(F)cc2)c2ccccc21. The Balaban J connectivity index is 0.00000192. The van der Waals surface area contributed by atoms with E-state index in [1.54, 1.807) is 4.57 Å². The summed E-state index contributed by atoms with van der Waals surface area (Å²) in [5.41, 5.74) is 2.52. The lowest BCUT2D eigenvalue weighted by Gasteiger charge is -2.04. The fraction of sp³-hybridized carbons (Fsp3) is 0.176. The monoisotopic (exact) mass is 377 g/mol. The molecule has 1 N–H and O–H groups in total. The van der Waals surface area contributed by atoms with Crippen LogP contribution in [0.25, 0.3) is 11.0 Å².